The van der Waals surface area contributed by atoms with E-state index in [1.807, 2.05) is 4.72 Å². The quantitative estimate of drug-likeness (QED) is 0.0348. The first-order valence-electron chi connectivity index (χ1n) is 12.2. The lowest BCUT2D eigenvalue weighted by Gasteiger charge is -2.50. The summed E-state index contributed by atoms with van der Waals surface area (Å²) in [4.78, 5) is 48.7. The average molecular weight is 663 g/mol. The van der Waals surface area contributed by atoms with Gasteiger partial charge < -0.3 is 21.0 Å². The number of fused-ring (bicyclic) bond motifs is 1. The highest BCUT2D eigenvalue weighted by Crippen LogP contribution is 2.44. The highest BCUT2D eigenvalue weighted by molar-refractivity contribution is 8.01. The van der Waals surface area contributed by atoms with Crippen LogP contribution in [0.5, 0.6) is 0 Å². The van der Waals surface area contributed by atoms with Crippen molar-refractivity contribution in [3.05, 3.63) is 22.3 Å². The second-order valence-electron chi connectivity index (χ2n) is 8.77. The first kappa shape index (κ1) is 31.6. The number of H-pyrrole nitrogens is 1. The molecule has 2 aromatic rings. The lowest BCUT2D eigenvalue weighted by Crippen LogP contribution is -2.71. The minimum Gasteiger partial charge on any atom is -0.477 e. The number of carboxylic acid groups (broad SMARTS) is 1. The van der Waals surface area contributed by atoms with Crippen LogP contribution in [-0.4, -0.2) is 108 Å². The van der Waals surface area contributed by atoms with E-state index in [9.17, 15) is 27.9 Å². The molecule has 228 valence electrons. The molecule has 2 aliphatic heterocycles. The Morgan fingerprint density at radius 2 is 2.17 bits per heavy atom. The number of carbonyl (C=O) groups excluding carboxylic acids is 2. The summed E-state index contributed by atoms with van der Waals surface area (Å²) < 4.78 is 32.5. The van der Waals surface area contributed by atoms with Gasteiger partial charge in [-0.2, -0.15) is 13.1 Å². The number of hydrogen-bond acceptors (Lipinski definition) is 15. The number of hydrogen-bond donors (Lipinski definition) is 6. The van der Waals surface area contributed by atoms with E-state index in [4.69, 9.17) is 15.1 Å². The van der Waals surface area contributed by atoms with Gasteiger partial charge in [-0.3, -0.25) is 19.0 Å². The molecule has 0 saturated carbocycles. The van der Waals surface area contributed by atoms with E-state index in [-0.39, 0.29) is 34.5 Å². The number of rotatable bonds is 15. The van der Waals surface area contributed by atoms with E-state index in [1.54, 1.807) is 0 Å². The molecular weight excluding hydrogens is 637 g/mol. The van der Waals surface area contributed by atoms with Gasteiger partial charge in [0.15, 0.2) is 10.8 Å². The minimum atomic E-state index is -4.28. The lowest BCUT2D eigenvalue weighted by atomic mass is 9.99. The standard InChI is InChI=1S/C20H26N10O8S4/c1-38-27-12(10-8-40-19(21)23-10)15(31)24-13-16(32)30-14(18(33)34)9(7-39-17(13)30)11(41-20-25-28-29-26-20)5-3-2-4-6-22-42(35,36)37/h8,11,13,17,22H,2-7H2,1H3,(H2,21,23)(H,24,31)(H,33,34)(H,35,36,37)(H,25,26,28,29)/t11?,13-,17+/m1/s1. The largest absolute Gasteiger partial charge is 0.477 e. The molecule has 4 heterocycles. The van der Waals surface area contributed by atoms with E-state index in [1.165, 1.54) is 36.0 Å². The molecule has 3 atom stereocenters. The van der Waals surface area contributed by atoms with Crippen LogP contribution in [0.2, 0.25) is 0 Å². The number of carbonyl (C=O) groups is 3. The number of oxime groups is 1. The molecule has 0 aliphatic carbocycles. The van der Waals surface area contributed by atoms with Crippen LogP contribution < -0.4 is 15.8 Å². The summed E-state index contributed by atoms with van der Waals surface area (Å²) in [6.07, 6.45) is 2.06. The number of nitrogens with zero attached hydrogens (tertiary/aromatic N) is 6. The fourth-order valence-electron chi connectivity index (χ4n) is 4.26. The van der Waals surface area contributed by atoms with Gasteiger partial charge >= 0.3 is 16.3 Å². The number of unbranched alkanes of at least 4 members (excludes halogenated alkanes) is 2. The van der Waals surface area contributed by atoms with Gasteiger partial charge in [-0.15, -0.1) is 28.2 Å². The van der Waals surface area contributed by atoms with Crippen molar-refractivity contribution in [2.75, 3.05) is 25.1 Å². The van der Waals surface area contributed by atoms with Crippen LogP contribution in [-0.2, 0) is 29.5 Å². The maximum absolute atomic E-state index is 13.2. The monoisotopic (exact) mass is 662 g/mol. The summed E-state index contributed by atoms with van der Waals surface area (Å²) in [6, 6.07) is -1.02. The van der Waals surface area contributed by atoms with Gasteiger partial charge in [0.05, 0.1) is 0 Å². The van der Waals surface area contributed by atoms with E-state index >= 15 is 0 Å². The van der Waals surface area contributed by atoms with E-state index in [2.05, 4.69) is 36.1 Å². The van der Waals surface area contributed by atoms with Crippen molar-refractivity contribution in [2.24, 2.45) is 5.16 Å². The third-order valence-corrected chi connectivity index (χ3v) is 9.79. The third kappa shape index (κ3) is 7.55. The Morgan fingerprint density at radius 1 is 1.38 bits per heavy atom. The van der Waals surface area contributed by atoms with Gasteiger partial charge in [0.1, 0.15) is 29.9 Å². The Balaban J connectivity index is 1.49. The first-order chi connectivity index (χ1) is 20.0. The summed E-state index contributed by atoms with van der Waals surface area (Å²) in [5, 5.41) is 31.1. The summed E-state index contributed by atoms with van der Waals surface area (Å²) in [7, 11) is -3.03. The molecule has 2 aromatic heterocycles. The Morgan fingerprint density at radius 3 is 2.79 bits per heavy atom. The number of anilines is 1. The number of amides is 2. The smallest absolute Gasteiger partial charge is 0.352 e. The predicted octanol–water partition coefficient (Wildman–Crippen LogP) is -0.559. The predicted molar refractivity (Wildman–Crippen MR) is 152 cm³/mol. The Kier molecular flexibility index (Phi) is 10.4. The van der Waals surface area contributed by atoms with E-state index < -0.39 is 44.8 Å². The number of aliphatic carboxylic acids is 1. The zero-order valence-electron chi connectivity index (χ0n) is 21.8. The van der Waals surface area contributed by atoms with Gasteiger partial charge in [-0.05, 0) is 28.8 Å². The van der Waals surface area contributed by atoms with Crippen LogP contribution in [0.4, 0.5) is 5.13 Å². The molecule has 0 bridgehead atoms. The number of nitrogen functional groups attached to an aromatic ring is 1. The van der Waals surface area contributed by atoms with Crippen LogP contribution >= 0.6 is 34.9 Å². The lowest BCUT2D eigenvalue weighted by molar-refractivity contribution is -0.150. The summed E-state index contributed by atoms with van der Waals surface area (Å²) in [5.74, 6) is -2.40. The zero-order valence-corrected chi connectivity index (χ0v) is 25.1. The zero-order chi connectivity index (χ0) is 30.4. The number of carboxylic acids is 1. The maximum Gasteiger partial charge on any atom is 0.352 e. The molecular formula is C20H26N10O8S4. The van der Waals surface area contributed by atoms with Gasteiger partial charge in [-0.1, -0.05) is 29.8 Å². The van der Waals surface area contributed by atoms with Gasteiger partial charge in [0, 0.05) is 22.9 Å². The van der Waals surface area contributed by atoms with Crippen LogP contribution in [0.15, 0.2) is 27.0 Å². The summed E-state index contributed by atoms with van der Waals surface area (Å²) in [6.45, 7) is 0.0469. The number of nitrogens with one attached hydrogen (secondary N) is 3. The second kappa shape index (κ2) is 13.8. The molecule has 1 unspecified atom stereocenters. The molecule has 18 nitrogen and oxygen atoms in total. The first-order valence-corrected chi connectivity index (χ1v) is 16.4. The van der Waals surface area contributed by atoms with Crippen molar-refractivity contribution in [2.45, 2.75) is 47.5 Å². The molecule has 0 aromatic carbocycles. The van der Waals surface area contributed by atoms with E-state index in [0.717, 1.165) is 16.2 Å². The maximum atomic E-state index is 13.2. The van der Waals surface area contributed by atoms with Crippen molar-refractivity contribution in [1.82, 2.24) is 40.5 Å². The molecule has 1 fully saturated rings. The van der Waals surface area contributed by atoms with Crippen molar-refractivity contribution in [3.63, 3.8) is 0 Å². The van der Waals surface area contributed by atoms with Gasteiger partial charge in [0.2, 0.25) is 5.16 Å². The highest BCUT2D eigenvalue weighted by atomic mass is 32.2. The van der Waals surface area contributed by atoms with Crippen molar-refractivity contribution in [1.29, 1.82) is 0 Å². The van der Waals surface area contributed by atoms with Crippen LogP contribution in [0, 0.1) is 0 Å². The topological polar surface area (TPSA) is 268 Å². The van der Waals surface area contributed by atoms with Gasteiger partial charge in [0.25, 0.3) is 11.8 Å². The second-order valence-corrected chi connectivity index (χ2v) is 13.2. The fraction of sp³-hybridized carbons (Fsp3) is 0.500. The van der Waals surface area contributed by atoms with Crippen molar-refractivity contribution >= 4 is 73.8 Å². The fourth-order valence-corrected chi connectivity index (χ4v) is 7.81. The third-order valence-electron chi connectivity index (χ3n) is 6.05. The number of aromatic nitrogens is 5. The number of aromatic amines is 1. The van der Waals surface area contributed by atoms with Crippen LogP contribution in [0.1, 0.15) is 31.4 Å². The van der Waals surface area contributed by atoms with Gasteiger partial charge in [-0.25, -0.2) is 14.9 Å². The van der Waals surface area contributed by atoms with Crippen LogP contribution in [0.25, 0.3) is 0 Å². The summed E-state index contributed by atoms with van der Waals surface area (Å²) >= 11 is 3.60. The Hall–Kier alpha value is -3.31. The van der Waals surface area contributed by atoms with E-state index in [0.29, 0.717) is 36.4 Å². The average Bonchev–Trinajstić information content (AvgIpc) is 3.61. The molecule has 22 heteroatoms. The van der Waals surface area contributed by atoms with Crippen molar-refractivity contribution < 1.29 is 37.3 Å². The molecule has 4 rings (SSSR count). The number of thiazole rings is 1. The molecule has 1 saturated heterocycles. The Bertz CT molecular complexity index is 1480. The van der Waals surface area contributed by atoms with Crippen LogP contribution in [0.3, 0.4) is 0 Å². The number of β-lactam (4-membered cyclic amide) rings is 1. The number of nitrogens with two attached hydrogens (primary N) is 1. The molecule has 42 heavy (non-hydrogen) atoms. The number of tetrazole rings is 1. The highest BCUT2D eigenvalue weighted by Gasteiger charge is 2.55. The Labute approximate surface area is 251 Å². The molecule has 7 N–H and O–H groups in total. The molecule has 2 amide bonds. The molecule has 0 spiro atoms. The number of thioether (sulfide) groups is 2. The normalized spacial score (nSPS) is 19.7. The van der Waals surface area contributed by atoms with Crippen molar-refractivity contribution in [3.8, 4) is 0 Å². The summed E-state index contributed by atoms with van der Waals surface area (Å²) in [5.41, 5.74) is 5.95. The minimum absolute atomic E-state index is 0.0469. The SMILES string of the molecule is CON=C(C(=O)N[C@@H]1C(=O)N2C(C(=O)O)=C(C(CCCCCNS(=O)(=O)O)Sc3nnn[nH]3)CS[C@@H]12)c1csc(N)n1. The molecule has 2 aliphatic rings. The molecule has 0 radical (unpaired) electrons.